The maximum absolute atomic E-state index is 2.66. The number of rotatable bonds is 5. The van der Waals surface area contributed by atoms with E-state index in [4.69, 9.17) is 0 Å². The van der Waals surface area contributed by atoms with Crippen LogP contribution in [-0.4, -0.2) is 0 Å². The number of nitrogens with zero attached hydrogens (tertiary/aromatic N) is 1. The summed E-state index contributed by atoms with van der Waals surface area (Å²) >= 11 is 0. The fourth-order valence-corrected chi connectivity index (χ4v) is 22.4. The van der Waals surface area contributed by atoms with Crippen molar-refractivity contribution in [2.75, 3.05) is 4.90 Å². The molecule has 94 heavy (non-hydrogen) atoms. The lowest BCUT2D eigenvalue weighted by atomic mass is 9.37. The van der Waals surface area contributed by atoms with Gasteiger partial charge in [-0.1, -0.05) is 270 Å². The molecule has 6 bridgehead atoms. The highest BCUT2D eigenvalue weighted by Crippen LogP contribution is 2.78. The molecule has 3 saturated carbocycles. The Labute approximate surface area is 554 Å². The van der Waals surface area contributed by atoms with Gasteiger partial charge in [-0.2, -0.15) is 0 Å². The van der Waals surface area contributed by atoms with Crippen molar-refractivity contribution in [1.82, 2.24) is 0 Å². The highest BCUT2D eigenvalue weighted by Gasteiger charge is 2.71. The Morgan fingerprint density at radius 3 is 1.46 bits per heavy atom. The van der Waals surface area contributed by atoms with Crippen LogP contribution in [0.2, 0.25) is 0 Å². The van der Waals surface area contributed by atoms with Crippen LogP contribution in [0.4, 0.5) is 17.1 Å². The van der Waals surface area contributed by atoms with Crippen molar-refractivity contribution < 1.29 is 0 Å². The van der Waals surface area contributed by atoms with E-state index in [0.29, 0.717) is 23.7 Å². The van der Waals surface area contributed by atoms with Crippen molar-refractivity contribution in [3.8, 4) is 77.9 Å². The number of hydrogen-bond donors (Lipinski definition) is 0. The molecular formula is C93H77N. The maximum atomic E-state index is 2.66. The van der Waals surface area contributed by atoms with E-state index in [1.165, 1.54) is 163 Å². The summed E-state index contributed by atoms with van der Waals surface area (Å²) in [5, 5.41) is 0. The normalized spacial score (nSPS) is 24.1. The fourth-order valence-electron chi connectivity index (χ4n) is 22.4. The Kier molecular flexibility index (Phi) is 11.5. The summed E-state index contributed by atoms with van der Waals surface area (Å²) in [6, 6.07) is 108. The molecular weight excluding hydrogens is 1130 g/mol. The second-order valence-electron chi connectivity index (χ2n) is 30.6. The molecule has 8 aliphatic carbocycles. The molecule has 0 heterocycles. The van der Waals surface area contributed by atoms with Gasteiger partial charge >= 0.3 is 0 Å². The molecule has 12 aromatic rings. The Hall–Kier alpha value is -9.56. The van der Waals surface area contributed by atoms with Crippen molar-refractivity contribution in [3.63, 3.8) is 0 Å². The van der Waals surface area contributed by atoms with Crippen molar-refractivity contribution in [1.29, 1.82) is 0 Å². The summed E-state index contributed by atoms with van der Waals surface area (Å²) < 4.78 is 0. The van der Waals surface area contributed by atoms with Crippen LogP contribution in [0, 0.1) is 5.92 Å². The van der Waals surface area contributed by atoms with Gasteiger partial charge in [0.2, 0.25) is 0 Å². The minimum Gasteiger partial charge on any atom is -0.310 e. The molecule has 0 aromatic heterocycles. The molecule has 3 fully saturated rings. The summed E-state index contributed by atoms with van der Waals surface area (Å²) in [5.74, 6) is 1.56. The molecule has 7 unspecified atom stereocenters. The van der Waals surface area contributed by atoms with Crippen LogP contribution in [0.3, 0.4) is 0 Å². The largest absolute Gasteiger partial charge is 0.310 e. The summed E-state index contributed by atoms with van der Waals surface area (Å²) in [5.41, 5.74) is 37.3. The summed E-state index contributed by atoms with van der Waals surface area (Å²) in [6.07, 6.45) is 9.48. The highest BCUT2D eigenvalue weighted by molar-refractivity contribution is 5.97. The van der Waals surface area contributed by atoms with Crippen molar-refractivity contribution in [2.24, 2.45) is 5.92 Å². The van der Waals surface area contributed by atoms with Gasteiger partial charge in [0.25, 0.3) is 0 Å². The molecule has 8 aliphatic rings. The third-order valence-electron chi connectivity index (χ3n) is 26.0. The first-order chi connectivity index (χ1) is 46.1. The van der Waals surface area contributed by atoms with Crippen molar-refractivity contribution in [3.05, 3.63) is 329 Å². The van der Waals surface area contributed by atoms with Gasteiger partial charge in [-0.15, -0.1) is 0 Å². The van der Waals surface area contributed by atoms with E-state index >= 15 is 0 Å². The molecule has 454 valence electrons. The van der Waals surface area contributed by atoms with E-state index in [-0.39, 0.29) is 27.1 Å². The maximum Gasteiger partial charge on any atom is 0.0543 e. The SMILES string of the molecule is CC1(C)c2ccccc2-c2ccc(N(c3ccc(-c4ccc(-c5cccc6c5-c5ccccc5C5CCC67CCC6CC8(CCC9CC5(c5ccccc5-c5ccccc59)C87)c5ccccc5-c5ccccc56)cc4)cc3)c3cccc4c3-c3ccccc3C4(C)C)cc21. The van der Waals surface area contributed by atoms with Gasteiger partial charge in [0, 0.05) is 44.0 Å². The number of hydrogen-bond acceptors (Lipinski definition) is 1. The zero-order valence-electron chi connectivity index (χ0n) is 54.4. The van der Waals surface area contributed by atoms with E-state index in [1.807, 2.05) is 0 Å². The Balaban J connectivity index is 0.746. The first-order valence-corrected chi connectivity index (χ1v) is 35.2. The Morgan fingerprint density at radius 1 is 0.298 bits per heavy atom. The van der Waals surface area contributed by atoms with Crippen LogP contribution in [0.1, 0.15) is 152 Å². The molecule has 0 saturated heterocycles. The number of fused-ring (bicyclic) bond motifs is 20. The third-order valence-corrected chi connectivity index (χ3v) is 26.0. The first-order valence-electron chi connectivity index (χ1n) is 35.2. The van der Waals surface area contributed by atoms with Crippen LogP contribution < -0.4 is 4.90 Å². The molecule has 1 heteroatoms. The molecule has 0 aliphatic heterocycles. The molecule has 0 N–H and O–H groups in total. The van der Waals surface area contributed by atoms with Crippen molar-refractivity contribution in [2.45, 2.75) is 124 Å². The predicted octanol–water partition coefficient (Wildman–Crippen LogP) is 24.3. The van der Waals surface area contributed by atoms with E-state index in [2.05, 4.69) is 306 Å². The van der Waals surface area contributed by atoms with E-state index < -0.39 is 0 Å². The molecule has 20 rings (SSSR count). The second kappa shape index (κ2) is 19.8. The van der Waals surface area contributed by atoms with Gasteiger partial charge in [0.05, 0.1) is 5.69 Å². The van der Waals surface area contributed by atoms with Crippen LogP contribution in [0.25, 0.3) is 77.9 Å². The lowest BCUT2D eigenvalue weighted by Crippen LogP contribution is -2.62. The standard InChI is InChI=1S/C93H77N/c1-89(2)78-33-16-14-30-76(78)87-82(89)36-20-38-85(87)94(64-47-48-74-72-27-11-15-32-77(72)90(3,4)84(74)55-64)63-45-43-59(44-46-63)58-39-41-60(42-40-58)67-31-19-37-83-86(67)75-29-10-9-28-73(75)81-51-54-91(83)52-49-61-56-92(79-34-17-12-25-70(79)68-23-7-5-21-65(61)68)53-50-62-57-93(81,88(91)92)80-35-18-13-26-71(80)69-24-8-6-22-66(62)69/h5-48,55,61-62,81,88H,49-54,56-57H2,1-4H3. The smallest absolute Gasteiger partial charge is 0.0543 e. The van der Waals surface area contributed by atoms with Gasteiger partial charge in [-0.3, -0.25) is 0 Å². The van der Waals surface area contributed by atoms with E-state index in [0.717, 1.165) is 5.69 Å². The number of benzene rings is 12. The highest BCUT2D eigenvalue weighted by atomic mass is 15.1. The third kappa shape index (κ3) is 7.26. The number of anilines is 3. The molecule has 7 atom stereocenters. The zero-order chi connectivity index (χ0) is 62.5. The van der Waals surface area contributed by atoms with Gasteiger partial charge in [0.1, 0.15) is 0 Å². The zero-order valence-corrected chi connectivity index (χ0v) is 54.4. The topological polar surface area (TPSA) is 3.24 Å². The average Bonchev–Trinajstić information content (AvgIpc) is 1.27. The molecule has 0 amide bonds. The monoisotopic (exact) mass is 1210 g/mol. The van der Waals surface area contributed by atoms with Gasteiger partial charge in [-0.25, -0.2) is 0 Å². The average molecular weight is 1210 g/mol. The molecule has 2 spiro atoms. The van der Waals surface area contributed by atoms with E-state index in [9.17, 15) is 0 Å². The van der Waals surface area contributed by atoms with Crippen LogP contribution in [0.15, 0.2) is 273 Å². The van der Waals surface area contributed by atoms with Crippen LogP contribution >= 0.6 is 0 Å². The van der Waals surface area contributed by atoms with Crippen molar-refractivity contribution >= 4 is 17.1 Å². The van der Waals surface area contributed by atoms with Gasteiger partial charge in [-0.05, 0) is 233 Å². The van der Waals surface area contributed by atoms with Gasteiger partial charge in [0.15, 0.2) is 0 Å². The minimum atomic E-state index is -0.153. The molecule has 0 radical (unpaired) electrons. The lowest BCUT2D eigenvalue weighted by Gasteiger charge is -2.66. The Bertz CT molecular complexity index is 5150. The minimum absolute atomic E-state index is 0.0918. The van der Waals surface area contributed by atoms with Gasteiger partial charge < -0.3 is 4.90 Å². The molecule has 12 aromatic carbocycles. The lowest BCUT2D eigenvalue weighted by molar-refractivity contribution is -0.00519. The summed E-state index contributed by atoms with van der Waals surface area (Å²) in [7, 11) is 0. The Morgan fingerprint density at radius 2 is 0.755 bits per heavy atom. The quantitative estimate of drug-likeness (QED) is 0.166. The first kappa shape index (κ1) is 54.9. The summed E-state index contributed by atoms with van der Waals surface area (Å²) in [4.78, 5) is 2.54. The van der Waals surface area contributed by atoms with E-state index in [1.54, 1.807) is 33.4 Å². The molecule has 1 nitrogen and oxygen atoms in total. The predicted molar refractivity (Wildman–Crippen MR) is 390 cm³/mol. The summed E-state index contributed by atoms with van der Waals surface area (Å²) in [6.45, 7) is 9.58. The van der Waals surface area contributed by atoms with Crippen LogP contribution in [-0.2, 0) is 27.1 Å². The fraction of sp³-hybridized carbons (Fsp3) is 0.226. The second-order valence-corrected chi connectivity index (χ2v) is 30.6. The van der Waals surface area contributed by atoms with Crippen LogP contribution in [0.5, 0.6) is 0 Å².